The van der Waals surface area contributed by atoms with Gasteiger partial charge in [-0.3, -0.25) is 4.79 Å². The highest BCUT2D eigenvalue weighted by Gasteiger charge is 2.11. The number of carbonyl (C=O) groups excluding carboxylic acids is 1. The van der Waals surface area contributed by atoms with Crippen molar-refractivity contribution in [2.45, 2.75) is 0 Å². The van der Waals surface area contributed by atoms with E-state index >= 15 is 0 Å². The number of carbonyl (C=O) groups is 1. The van der Waals surface area contributed by atoms with Gasteiger partial charge in [0.15, 0.2) is 11.5 Å². The van der Waals surface area contributed by atoms with E-state index in [4.69, 9.17) is 9.47 Å². The number of benzene rings is 2. The fraction of sp³-hybridized carbons (Fsp3) is 0.125. The van der Waals surface area contributed by atoms with E-state index in [9.17, 15) is 4.79 Å². The molecule has 0 atom stereocenters. The number of rotatable bonds is 7. The van der Waals surface area contributed by atoms with Gasteiger partial charge in [0, 0.05) is 17.0 Å². The zero-order chi connectivity index (χ0) is 22.6. The molecule has 0 bridgehead atoms. The molecule has 3 aromatic heterocycles. The van der Waals surface area contributed by atoms with Gasteiger partial charge < -0.3 is 14.8 Å². The highest BCUT2D eigenvalue weighted by Crippen LogP contribution is 2.21. The van der Waals surface area contributed by atoms with Crippen LogP contribution < -0.4 is 14.8 Å². The number of hydrogen-bond acceptors (Lipinski definition) is 7. The zero-order valence-electron chi connectivity index (χ0n) is 17.8. The van der Waals surface area contributed by atoms with E-state index < -0.39 is 0 Å². The lowest BCUT2D eigenvalue weighted by molar-refractivity contribution is 0.0942. The monoisotopic (exact) mass is 440 g/mol. The van der Waals surface area contributed by atoms with E-state index in [1.54, 1.807) is 29.8 Å². The molecule has 9 nitrogen and oxygen atoms in total. The number of pyridine rings is 1. The van der Waals surface area contributed by atoms with Gasteiger partial charge in [0.25, 0.3) is 5.91 Å². The van der Waals surface area contributed by atoms with Crippen LogP contribution in [0.2, 0.25) is 0 Å². The Morgan fingerprint density at radius 3 is 2.67 bits per heavy atom. The summed E-state index contributed by atoms with van der Waals surface area (Å²) < 4.78 is 12.5. The molecule has 164 valence electrons. The first-order chi connectivity index (χ1) is 16.2. The molecule has 0 aliphatic rings. The number of fused-ring (bicyclic) bond motifs is 2. The summed E-state index contributed by atoms with van der Waals surface area (Å²) >= 11 is 0. The van der Waals surface area contributed by atoms with E-state index in [0.29, 0.717) is 29.6 Å². The van der Waals surface area contributed by atoms with Crippen LogP contribution in [-0.2, 0) is 0 Å². The Balaban J connectivity index is 1.22. The lowest BCUT2D eigenvalue weighted by atomic mass is 10.2. The Kier molecular flexibility index (Phi) is 5.50. The molecule has 1 N–H and O–H groups in total. The molecule has 0 saturated heterocycles. The van der Waals surface area contributed by atoms with Gasteiger partial charge in [0.2, 0.25) is 5.88 Å². The van der Waals surface area contributed by atoms with Crippen molar-refractivity contribution in [3.8, 4) is 23.0 Å². The van der Waals surface area contributed by atoms with Crippen molar-refractivity contribution in [1.82, 2.24) is 30.1 Å². The number of aromatic nitrogens is 5. The van der Waals surface area contributed by atoms with Crippen LogP contribution in [0.3, 0.4) is 0 Å². The van der Waals surface area contributed by atoms with Crippen molar-refractivity contribution in [2.75, 3.05) is 20.3 Å². The lowest BCUT2D eigenvalue weighted by Gasteiger charge is -2.08. The molecule has 5 rings (SSSR count). The number of para-hydroxylation sites is 1. The molecule has 9 heteroatoms. The first kappa shape index (κ1) is 20.4. The average molecular weight is 440 g/mol. The molecule has 1 amide bonds. The SMILES string of the molecule is COc1ccc(-c2nnc3ccc(OCCNC(=O)c4ccc5ccccc5n4)nn23)cc1. The van der Waals surface area contributed by atoms with Gasteiger partial charge in [-0.05, 0) is 42.5 Å². The highest BCUT2D eigenvalue weighted by molar-refractivity contribution is 5.94. The summed E-state index contributed by atoms with van der Waals surface area (Å²) in [6.07, 6.45) is 0. The Hall–Kier alpha value is -4.53. The van der Waals surface area contributed by atoms with Gasteiger partial charge in [-0.1, -0.05) is 24.3 Å². The first-order valence-corrected chi connectivity index (χ1v) is 10.3. The second kappa shape index (κ2) is 8.91. The second-order valence-corrected chi connectivity index (χ2v) is 7.19. The number of hydrogen-bond donors (Lipinski definition) is 1. The summed E-state index contributed by atoms with van der Waals surface area (Å²) in [6.45, 7) is 0.554. The molecular weight excluding hydrogens is 420 g/mol. The predicted octanol–water partition coefficient (Wildman–Crippen LogP) is 3.16. The number of methoxy groups -OCH3 is 1. The fourth-order valence-electron chi connectivity index (χ4n) is 3.37. The molecule has 3 heterocycles. The molecule has 5 aromatic rings. The minimum absolute atomic E-state index is 0.248. The van der Waals surface area contributed by atoms with E-state index in [1.165, 1.54) is 0 Å². The second-order valence-electron chi connectivity index (χ2n) is 7.19. The molecule has 0 aliphatic carbocycles. The summed E-state index contributed by atoms with van der Waals surface area (Å²) in [5.41, 5.74) is 2.59. The molecule has 0 unspecified atom stereocenters. The first-order valence-electron chi connectivity index (χ1n) is 10.3. The third-order valence-corrected chi connectivity index (χ3v) is 5.06. The fourth-order valence-corrected chi connectivity index (χ4v) is 3.37. The van der Waals surface area contributed by atoms with Crippen molar-refractivity contribution < 1.29 is 14.3 Å². The van der Waals surface area contributed by atoms with Crippen LogP contribution in [0.15, 0.2) is 72.8 Å². The summed E-state index contributed by atoms with van der Waals surface area (Å²) in [5, 5.41) is 16.7. The van der Waals surface area contributed by atoms with E-state index in [2.05, 4.69) is 25.6 Å². The number of nitrogens with one attached hydrogen (secondary N) is 1. The van der Waals surface area contributed by atoms with Crippen molar-refractivity contribution in [3.63, 3.8) is 0 Å². The molecule has 33 heavy (non-hydrogen) atoms. The number of ether oxygens (including phenoxy) is 2. The Bertz CT molecular complexity index is 1430. The van der Waals surface area contributed by atoms with E-state index in [0.717, 1.165) is 22.2 Å². The van der Waals surface area contributed by atoms with E-state index in [-0.39, 0.29) is 12.5 Å². The van der Waals surface area contributed by atoms with Crippen molar-refractivity contribution in [3.05, 3.63) is 78.5 Å². The van der Waals surface area contributed by atoms with Gasteiger partial charge in [-0.25, -0.2) is 4.98 Å². The molecule has 0 fully saturated rings. The lowest BCUT2D eigenvalue weighted by Crippen LogP contribution is -2.28. The summed E-state index contributed by atoms with van der Waals surface area (Å²) in [5.74, 6) is 1.49. The Labute approximate surface area is 189 Å². The Morgan fingerprint density at radius 2 is 1.82 bits per heavy atom. The van der Waals surface area contributed by atoms with Crippen LogP contribution in [-0.4, -0.2) is 51.0 Å². The quantitative estimate of drug-likeness (QED) is 0.388. The maximum atomic E-state index is 12.4. The van der Waals surface area contributed by atoms with Crippen LogP contribution in [0.1, 0.15) is 10.5 Å². The average Bonchev–Trinajstić information content (AvgIpc) is 3.29. The summed E-state index contributed by atoms with van der Waals surface area (Å²) in [6, 6.07) is 22.2. The van der Waals surface area contributed by atoms with Crippen molar-refractivity contribution >= 4 is 22.5 Å². The maximum Gasteiger partial charge on any atom is 0.270 e. The third kappa shape index (κ3) is 4.29. The third-order valence-electron chi connectivity index (χ3n) is 5.06. The van der Waals surface area contributed by atoms with Crippen LogP contribution in [0, 0.1) is 0 Å². The minimum Gasteiger partial charge on any atom is -0.497 e. The van der Waals surface area contributed by atoms with Crippen LogP contribution in [0.25, 0.3) is 27.9 Å². The topological polar surface area (TPSA) is 104 Å². The molecule has 2 aromatic carbocycles. The number of nitrogens with zero attached hydrogens (tertiary/aromatic N) is 5. The molecule has 0 saturated carbocycles. The van der Waals surface area contributed by atoms with Crippen molar-refractivity contribution in [2.24, 2.45) is 0 Å². The molecule has 0 aliphatic heterocycles. The van der Waals surface area contributed by atoms with Gasteiger partial charge in [0.05, 0.1) is 19.2 Å². The maximum absolute atomic E-state index is 12.4. The summed E-state index contributed by atoms with van der Waals surface area (Å²) in [4.78, 5) is 16.8. The van der Waals surface area contributed by atoms with E-state index in [1.807, 2.05) is 54.6 Å². The molecular formula is C24H20N6O3. The van der Waals surface area contributed by atoms with Gasteiger partial charge >= 0.3 is 0 Å². The standard InChI is InChI=1S/C24H20N6O3/c1-32-18-9-6-17(7-10-18)23-28-27-21-12-13-22(29-30(21)23)33-15-14-25-24(31)20-11-8-16-4-2-3-5-19(16)26-20/h2-13H,14-15H2,1H3,(H,25,31). The van der Waals surface area contributed by atoms with Crippen LogP contribution in [0.4, 0.5) is 0 Å². The largest absolute Gasteiger partial charge is 0.497 e. The molecule has 0 radical (unpaired) electrons. The highest BCUT2D eigenvalue weighted by atomic mass is 16.5. The predicted molar refractivity (Wildman–Crippen MR) is 122 cm³/mol. The van der Waals surface area contributed by atoms with Crippen molar-refractivity contribution in [1.29, 1.82) is 0 Å². The van der Waals surface area contributed by atoms with Gasteiger partial charge in [-0.15, -0.1) is 15.3 Å². The normalized spacial score (nSPS) is 10.9. The Morgan fingerprint density at radius 1 is 0.970 bits per heavy atom. The summed E-state index contributed by atoms with van der Waals surface area (Å²) in [7, 11) is 1.62. The number of amides is 1. The molecule has 0 spiro atoms. The zero-order valence-corrected chi connectivity index (χ0v) is 17.8. The smallest absolute Gasteiger partial charge is 0.270 e. The van der Waals surface area contributed by atoms with Gasteiger partial charge in [0.1, 0.15) is 18.1 Å². The van der Waals surface area contributed by atoms with Crippen LogP contribution >= 0.6 is 0 Å². The van der Waals surface area contributed by atoms with Gasteiger partial charge in [-0.2, -0.15) is 4.52 Å². The van der Waals surface area contributed by atoms with Crippen LogP contribution in [0.5, 0.6) is 11.6 Å². The minimum atomic E-state index is -0.256.